The lowest BCUT2D eigenvalue weighted by Crippen LogP contribution is -2.50. The number of nitriles is 1. The van der Waals surface area contributed by atoms with Gasteiger partial charge in [-0.2, -0.15) is 9.57 Å². The second-order valence-electron chi connectivity index (χ2n) is 7.71. The summed E-state index contributed by atoms with van der Waals surface area (Å²) in [6.45, 7) is 6.01. The number of ether oxygens (including phenoxy) is 1. The van der Waals surface area contributed by atoms with Gasteiger partial charge in [-0.1, -0.05) is 18.6 Å². The Bertz CT molecular complexity index is 792. The van der Waals surface area contributed by atoms with Crippen molar-refractivity contribution in [2.45, 2.75) is 57.4 Å². The number of piperidine rings is 1. The average molecular weight is 394 g/mol. The molecule has 8 heteroatoms. The summed E-state index contributed by atoms with van der Waals surface area (Å²) < 4.78 is 32.5. The average Bonchev–Trinajstić information content (AvgIpc) is 2.59. The van der Waals surface area contributed by atoms with Gasteiger partial charge in [-0.3, -0.25) is 0 Å². The van der Waals surface area contributed by atoms with E-state index in [2.05, 4.69) is 5.32 Å². The van der Waals surface area contributed by atoms with Crippen LogP contribution >= 0.6 is 0 Å². The maximum Gasteiger partial charge on any atom is 0.407 e. The highest BCUT2D eigenvalue weighted by Crippen LogP contribution is 2.23. The molecule has 27 heavy (non-hydrogen) atoms. The molecule has 0 saturated carbocycles. The molecule has 1 atom stereocenters. The summed E-state index contributed by atoms with van der Waals surface area (Å²) in [7, 11) is -3.53. The molecule has 1 N–H and O–H groups in total. The van der Waals surface area contributed by atoms with Crippen molar-refractivity contribution < 1.29 is 17.9 Å². The minimum Gasteiger partial charge on any atom is -0.444 e. The van der Waals surface area contributed by atoms with Crippen LogP contribution in [0.5, 0.6) is 0 Å². The predicted octanol–water partition coefficient (Wildman–Crippen LogP) is 2.77. The van der Waals surface area contributed by atoms with Crippen molar-refractivity contribution >= 4 is 16.1 Å². The molecule has 1 fully saturated rings. The molecule has 1 amide bonds. The van der Waals surface area contributed by atoms with Crippen LogP contribution < -0.4 is 5.32 Å². The topological polar surface area (TPSA) is 99.5 Å². The Labute approximate surface area is 161 Å². The van der Waals surface area contributed by atoms with Gasteiger partial charge in [0.2, 0.25) is 10.0 Å². The van der Waals surface area contributed by atoms with E-state index in [1.54, 1.807) is 45.0 Å². The number of hydrogen-bond donors (Lipinski definition) is 1. The lowest BCUT2D eigenvalue weighted by atomic mass is 10.1. The van der Waals surface area contributed by atoms with Gasteiger partial charge in [0, 0.05) is 19.1 Å². The molecule has 0 aromatic heterocycles. The molecular formula is C19H27N3O4S. The van der Waals surface area contributed by atoms with Gasteiger partial charge >= 0.3 is 6.09 Å². The van der Waals surface area contributed by atoms with E-state index in [9.17, 15) is 13.2 Å². The highest BCUT2D eigenvalue weighted by molar-refractivity contribution is 7.88. The van der Waals surface area contributed by atoms with Crippen LogP contribution in [0, 0.1) is 11.3 Å². The van der Waals surface area contributed by atoms with Crippen molar-refractivity contribution in [3.05, 3.63) is 35.4 Å². The minimum absolute atomic E-state index is 0.123. The first-order valence-corrected chi connectivity index (χ1v) is 10.7. The SMILES string of the molecule is CC(C)(C)OC(=O)NC[C@@H]1CCCCN1S(=O)(=O)Cc1ccc(C#N)cc1. The first-order chi connectivity index (χ1) is 12.6. The molecule has 1 aromatic carbocycles. The number of nitrogens with one attached hydrogen (secondary N) is 1. The van der Waals surface area contributed by atoms with Gasteiger partial charge in [-0.15, -0.1) is 0 Å². The summed E-state index contributed by atoms with van der Waals surface area (Å²) in [6.07, 6.45) is 1.87. The van der Waals surface area contributed by atoms with Crippen molar-refractivity contribution in [3.63, 3.8) is 0 Å². The molecule has 1 heterocycles. The van der Waals surface area contributed by atoms with Gasteiger partial charge in [0.15, 0.2) is 0 Å². The van der Waals surface area contributed by atoms with Crippen molar-refractivity contribution in [1.29, 1.82) is 5.26 Å². The predicted molar refractivity (Wildman–Crippen MR) is 102 cm³/mol. The van der Waals surface area contributed by atoms with E-state index >= 15 is 0 Å². The minimum atomic E-state index is -3.53. The van der Waals surface area contributed by atoms with Crippen LogP contribution in [-0.2, 0) is 20.5 Å². The zero-order valence-electron chi connectivity index (χ0n) is 16.1. The lowest BCUT2D eigenvalue weighted by Gasteiger charge is -2.35. The highest BCUT2D eigenvalue weighted by Gasteiger charge is 2.32. The Morgan fingerprint density at radius 2 is 1.96 bits per heavy atom. The van der Waals surface area contributed by atoms with Gasteiger partial charge in [-0.25, -0.2) is 13.2 Å². The van der Waals surface area contributed by atoms with Crippen LogP contribution in [0.25, 0.3) is 0 Å². The molecule has 1 aliphatic heterocycles. The van der Waals surface area contributed by atoms with Gasteiger partial charge in [0.05, 0.1) is 17.4 Å². The Morgan fingerprint density at radius 1 is 1.30 bits per heavy atom. The molecule has 0 spiro atoms. The van der Waals surface area contributed by atoms with Gasteiger partial charge in [0.25, 0.3) is 0 Å². The molecule has 148 valence electrons. The first-order valence-electron chi connectivity index (χ1n) is 9.06. The van der Waals surface area contributed by atoms with Crippen molar-refractivity contribution in [2.24, 2.45) is 0 Å². The molecule has 0 aliphatic carbocycles. The van der Waals surface area contributed by atoms with Crippen LogP contribution in [0.15, 0.2) is 24.3 Å². The lowest BCUT2D eigenvalue weighted by molar-refractivity contribution is 0.0512. The largest absolute Gasteiger partial charge is 0.444 e. The monoisotopic (exact) mass is 393 g/mol. The number of alkyl carbamates (subject to hydrolysis) is 1. The van der Waals surface area contributed by atoms with E-state index in [1.807, 2.05) is 6.07 Å². The van der Waals surface area contributed by atoms with Crippen LogP contribution in [0.4, 0.5) is 4.79 Å². The number of rotatable bonds is 5. The number of nitrogens with zero attached hydrogens (tertiary/aromatic N) is 2. The van der Waals surface area contributed by atoms with E-state index in [4.69, 9.17) is 10.00 Å². The summed E-state index contributed by atoms with van der Waals surface area (Å²) in [5.41, 5.74) is 0.532. The van der Waals surface area contributed by atoms with Gasteiger partial charge in [-0.05, 0) is 51.3 Å². The normalized spacial score (nSPS) is 18.5. The summed E-state index contributed by atoms with van der Waals surface area (Å²) in [5.74, 6) is -0.123. The number of carbonyl (C=O) groups excluding carboxylic acids is 1. The summed E-state index contributed by atoms with van der Waals surface area (Å²) in [4.78, 5) is 11.9. The third kappa shape index (κ3) is 6.52. The molecule has 1 aromatic rings. The molecule has 1 aliphatic rings. The van der Waals surface area contributed by atoms with E-state index in [0.717, 1.165) is 12.8 Å². The fraction of sp³-hybridized carbons (Fsp3) is 0.579. The van der Waals surface area contributed by atoms with E-state index in [-0.39, 0.29) is 18.3 Å². The van der Waals surface area contributed by atoms with Crippen molar-refractivity contribution in [1.82, 2.24) is 9.62 Å². The highest BCUT2D eigenvalue weighted by atomic mass is 32.2. The summed E-state index contributed by atoms with van der Waals surface area (Å²) >= 11 is 0. The Hall–Kier alpha value is -2.11. The van der Waals surface area contributed by atoms with Crippen molar-refractivity contribution in [3.8, 4) is 6.07 Å². The zero-order valence-corrected chi connectivity index (χ0v) is 16.9. The standard InChI is InChI=1S/C19H27N3O4S/c1-19(2,3)26-18(23)21-13-17-6-4-5-11-22(17)27(24,25)14-16-9-7-15(12-20)8-10-16/h7-10,17H,4-6,11,13-14H2,1-3H3,(H,21,23)/t17-/m0/s1. The molecule has 1 saturated heterocycles. The number of carbonyl (C=O) groups is 1. The van der Waals surface area contributed by atoms with E-state index in [1.165, 1.54) is 4.31 Å². The first kappa shape index (κ1) is 21.2. The molecule has 7 nitrogen and oxygen atoms in total. The Kier molecular flexibility index (Phi) is 6.84. The molecule has 0 radical (unpaired) electrons. The summed E-state index contributed by atoms with van der Waals surface area (Å²) in [5, 5.41) is 11.5. The molecule has 0 unspecified atom stereocenters. The van der Waals surface area contributed by atoms with Crippen LogP contribution in [0.1, 0.15) is 51.2 Å². The fourth-order valence-electron chi connectivity index (χ4n) is 3.03. The second-order valence-corrected chi connectivity index (χ2v) is 9.63. The fourth-order valence-corrected chi connectivity index (χ4v) is 4.85. The number of benzene rings is 1. The number of hydrogen-bond acceptors (Lipinski definition) is 5. The molecular weight excluding hydrogens is 366 g/mol. The number of amides is 1. The van der Waals surface area contributed by atoms with Crippen LogP contribution in [-0.4, -0.2) is 43.5 Å². The third-order valence-electron chi connectivity index (χ3n) is 4.24. The maximum absolute atomic E-state index is 12.9. The Morgan fingerprint density at radius 3 is 2.56 bits per heavy atom. The zero-order chi connectivity index (χ0) is 20.1. The molecule has 2 rings (SSSR count). The van der Waals surface area contributed by atoms with Crippen molar-refractivity contribution in [2.75, 3.05) is 13.1 Å². The van der Waals surface area contributed by atoms with E-state index in [0.29, 0.717) is 24.1 Å². The van der Waals surface area contributed by atoms with Crippen LogP contribution in [0.3, 0.4) is 0 Å². The second kappa shape index (κ2) is 8.72. The van der Waals surface area contributed by atoms with Gasteiger partial charge < -0.3 is 10.1 Å². The molecule has 0 bridgehead atoms. The van der Waals surface area contributed by atoms with Crippen LogP contribution in [0.2, 0.25) is 0 Å². The Balaban J connectivity index is 2.03. The summed E-state index contributed by atoms with van der Waals surface area (Å²) in [6, 6.07) is 8.28. The maximum atomic E-state index is 12.9. The van der Waals surface area contributed by atoms with Gasteiger partial charge in [0.1, 0.15) is 5.60 Å². The smallest absolute Gasteiger partial charge is 0.407 e. The quantitative estimate of drug-likeness (QED) is 0.829. The number of sulfonamides is 1. The third-order valence-corrected chi connectivity index (χ3v) is 6.14. The van der Waals surface area contributed by atoms with E-state index < -0.39 is 21.7 Å².